The first-order valence-electron chi connectivity index (χ1n) is 9.56. The highest BCUT2D eigenvalue weighted by atomic mass is 32.1. The second kappa shape index (κ2) is 9.97. The summed E-state index contributed by atoms with van der Waals surface area (Å²) >= 11 is 1.55. The predicted molar refractivity (Wildman–Crippen MR) is 113 cm³/mol. The minimum absolute atomic E-state index is 0.160. The van der Waals surface area contributed by atoms with E-state index in [1.807, 2.05) is 31.4 Å². The molecule has 2 amide bonds. The van der Waals surface area contributed by atoms with Gasteiger partial charge < -0.3 is 15.2 Å². The Hall–Kier alpha value is -3.00. The maximum Gasteiger partial charge on any atom is 0.253 e. The minimum Gasteiger partial charge on any atom is -0.352 e. The quantitative estimate of drug-likeness (QED) is 0.550. The van der Waals surface area contributed by atoms with Crippen molar-refractivity contribution in [2.24, 2.45) is 5.92 Å². The van der Waals surface area contributed by atoms with Crippen LogP contribution in [0.5, 0.6) is 0 Å². The highest BCUT2D eigenvalue weighted by Crippen LogP contribution is 2.22. The second-order valence-corrected chi connectivity index (χ2v) is 7.99. The monoisotopic (exact) mass is 412 g/mol. The van der Waals surface area contributed by atoms with E-state index in [0.29, 0.717) is 54.7 Å². The van der Waals surface area contributed by atoms with Crippen molar-refractivity contribution in [3.63, 3.8) is 0 Å². The highest BCUT2D eigenvalue weighted by Gasteiger charge is 2.14. The van der Waals surface area contributed by atoms with E-state index in [0.717, 1.165) is 4.88 Å². The van der Waals surface area contributed by atoms with Crippen LogP contribution in [0.25, 0.3) is 10.7 Å². The van der Waals surface area contributed by atoms with Crippen LogP contribution in [-0.4, -0.2) is 28.5 Å². The average Bonchev–Trinajstić information content (AvgIpc) is 3.38. The molecule has 2 N–H and O–H groups in total. The van der Waals surface area contributed by atoms with Crippen molar-refractivity contribution in [2.75, 3.05) is 11.9 Å². The molecule has 3 rings (SSSR count). The van der Waals surface area contributed by atoms with Crippen molar-refractivity contribution in [3.8, 4) is 10.7 Å². The van der Waals surface area contributed by atoms with Crippen LogP contribution in [0.15, 0.2) is 46.3 Å². The lowest BCUT2D eigenvalue weighted by Gasteiger charge is -2.12. The average molecular weight is 413 g/mol. The molecule has 0 radical (unpaired) electrons. The summed E-state index contributed by atoms with van der Waals surface area (Å²) in [5, 5.41) is 11.6. The van der Waals surface area contributed by atoms with Crippen molar-refractivity contribution in [3.05, 3.63) is 53.2 Å². The molecule has 152 valence electrons. The first-order valence-corrected chi connectivity index (χ1v) is 10.4. The Labute approximate surface area is 173 Å². The van der Waals surface area contributed by atoms with E-state index in [-0.39, 0.29) is 11.8 Å². The van der Waals surface area contributed by atoms with Gasteiger partial charge in [0.05, 0.1) is 16.1 Å². The van der Waals surface area contributed by atoms with Crippen LogP contribution in [0.2, 0.25) is 0 Å². The van der Waals surface area contributed by atoms with Crippen LogP contribution >= 0.6 is 11.3 Å². The van der Waals surface area contributed by atoms with Crippen molar-refractivity contribution in [1.29, 1.82) is 0 Å². The normalized spacial score (nSPS) is 10.9. The number of rotatable bonds is 9. The smallest absolute Gasteiger partial charge is 0.253 e. The van der Waals surface area contributed by atoms with Crippen LogP contribution in [0.1, 0.15) is 42.9 Å². The summed E-state index contributed by atoms with van der Waals surface area (Å²) in [5.74, 6) is 1.08. The van der Waals surface area contributed by atoms with Gasteiger partial charge in [0.25, 0.3) is 5.91 Å². The first kappa shape index (κ1) is 20.7. The number of hydrogen-bond acceptors (Lipinski definition) is 6. The number of amides is 2. The third-order valence-corrected chi connectivity index (χ3v) is 4.99. The van der Waals surface area contributed by atoms with Gasteiger partial charge >= 0.3 is 0 Å². The number of benzene rings is 1. The fourth-order valence-electron chi connectivity index (χ4n) is 2.66. The molecule has 8 heteroatoms. The predicted octanol–water partition coefficient (Wildman–Crippen LogP) is 4.15. The maximum atomic E-state index is 12.4. The molecule has 0 aliphatic carbocycles. The number of hydrogen-bond donors (Lipinski definition) is 2. The molecule has 7 nitrogen and oxygen atoms in total. The lowest BCUT2D eigenvalue weighted by Crippen LogP contribution is -2.28. The van der Waals surface area contributed by atoms with Gasteiger partial charge in [0.1, 0.15) is 0 Å². The van der Waals surface area contributed by atoms with Crippen molar-refractivity contribution >= 4 is 28.8 Å². The molecule has 0 bridgehead atoms. The zero-order valence-electron chi connectivity index (χ0n) is 16.5. The Bertz CT molecular complexity index is 951. The lowest BCUT2D eigenvalue weighted by atomic mass is 10.1. The summed E-state index contributed by atoms with van der Waals surface area (Å²) < 4.78 is 5.25. The minimum atomic E-state index is -0.193. The zero-order valence-corrected chi connectivity index (χ0v) is 17.3. The Kier molecular flexibility index (Phi) is 7.13. The number of anilines is 1. The van der Waals surface area contributed by atoms with Gasteiger partial charge in [-0.1, -0.05) is 37.2 Å². The molecule has 0 fully saturated rings. The highest BCUT2D eigenvalue weighted by molar-refractivity contribution is 7.13. The Morgan fingerprint density at radius 1 is 1.17 bits per heavy atom. The molecule has 2 aromatic heterocycles. The van der Waals surface area contributed by atoms with Gasteiger partial charge in [-0.3, -0.25) is 9.59 Å². The summed E-state index contributed by atoms with van der Waals surface area (Å²) in [6, 6.07) is 10.9. The molecule has 0 saturated carbocycles. The molecular formula is C21H24N4O3S. The Balaban J connectivity index is 1.50. The molecular weight excluding hydrogens is 388 g/mol. The van der Waals surface area contributed by atoms with Gasteiger partial charge in [0.2, 0.25) is 17.6 Å². The number of nitrogens with zero attached hydrogens (tertiary/aromatic N) is 2. The standard InChI is InChI=1S/C21H24N4O3S/c1-14(2)13-22-21(27)15-7-3-4-8-16(15)23-18(26)10-5-11-19-24-20(25-28-19)17-9-6-12-29-17/h3-4,6-9,12,14H,5,10-11,13H2,1-2H3,(H,22,27)(H,23,26). The zero-order chi connectivity index (χ0) is 20.6. The maximum absolute atomic E-state index is 12.4. The molecule has 0 spiro atoms. The van der Waals surface area contributed by atoms with Gasteiger partial charge in [-0.15, -0.1) is 11.3 Å². The van der Waals surface area contributed by atoms with Gasteiger partial charge in [-0.05, 0) is 35.9 Å². The number of aryl methyl sites for hydroxylation is 1. The fourth-order valence-corrected chi connectivity index (χ4v) is 3.31. The summed E-state index contributed by atoms with van der Waals surface area (Å²) in [6.07, 6.45) is 1.38. The van der Waals surface area contributed by atoms with E-state index in [4.69, 9.17) is 4.52 Å². The Morgan fingerprint density at radius 2 is 2.00 bits per heavy atom. The van der Waals surface area contributed by atoms with E-state index < -0.39 is 0 Å². The molecule has 0 saturated heterocycles. The van der Waals surface area contributed by atoms with E-state index in [1.165, 1.54) is 0 Å². The van der Waals surface area contributed by atoms with Gasteiger partial charge in [0.15, 0.2) is 0 Å². The first-order chi connectivity index (χ1) is 14.0. The number of carbonyl (C=O) groups excluding carboxylic acids is 2. The number of nitrogens with one attached hydrogen (secondary N) is 2. The molecule has 0 aliphatic rings. The number of carbonyl (C=O) groups is 2. The number of aromatic nitrogens is 2. The van der Waals surface area contributed by atoms with Crippen LogP contribution in [0, 0.1) is 5.92 Å². The topological polar surface area (TPSA) is 97.1 Å². The fraction of sp³-hybridized carbons (Fsp3) is 0.333. The molecule has 0 atom stereocenters. The molecule has 2 heterocycles. The lowest BCUT2D eigenvalue weighted by molar-refractivity contribution is -0.116. The summed E-state index contributed by atoms with van der Waals surface area (Å²) in [5.41, 5.74) is 0.968. The largest absolute Gasteiger partial charge is 0.352 e. The van der Waals surface area contributed by atoms with Crippen LogP contribution < -0.4 is 10.6 Å². The number of thiophene rings is 1. The SMILES string of the molecule is CC(C)CNC(=O)c1ccccc1NC(=O)CCCc1nc(-c2cccs2)no1. The van der Waals surface area contributed by atoms with E-state index in [1.54, 1.807) is 35.6 Å². The van der Waals surface area contributed by atoms with E-state index >= 15 is 0 Å². The van der Waals surface area contributed by atoms with Crippen LogP contribution in [0.3, 0.4) is 0 Å². The van der Waals surface area contributed by atoms with Crippen LogP contribution in [-0.2, 0) is 11.2 Å². The number of para-hydroxylation sites is 1. The van der Waals surface area contributed by atoms with Gasteiger partial charge in [-0.2, -0.15) is 4.98 Å². The molecule has 1 aromatic carbocycles. The summed E-state index contributed by atoms with van der Waals surface area (Å²) in [7, 11) is 0. The third kappa shape index (κ3) is 5.99. The van der Waals surface area contributed by atoms with E-state index in [2.05, 4.69) is 20.8 Å². The van der Waals surface area contributed by atoms with E-state index in [9.17, 15) is 9.59 Å². The van der Waals surface area contributed by atoms with Gasteiger partial charge in [0, 0.05) is 19.4 Å². The van der Waals surface area contributed by atoms with Crippen molar-refractivity contribution in [2.45, 2.75) is 33.1 Å². The van der Waals surface area contributed by atoms with Crippen LogP contribution in [0.4, 0.5) is 5.69 Å². The third-order valence-electron chi connectivity index (χ3n) is 4.12. The second-order valence-electron chi connectivity index (χ2n) is 7.04. The van der Waals surface area contributed by atoms with Crippen molar-refractivity contribution < 1.29 is 14.1 Å². The molecule has 0 aliphatic heterocycles. The Morgan fingerprint density at radius 3 is 2.76 bits per heavy atom. The molecule has 29 heavy (non-hydrogen) atoms. The van der Waals surface area contributed by atoms with Crippen molar-refractivity contribution in [1.82, 2.24) is 15.5 Å². The summed E-state index contributed by atoms with van der Waals surface area (Å²) in [4.78, 5) is 30.0. The summed E-state index contributed by atoms with van der Waals surface area (Å²) in [6.45, 7) is 4.64. The molecule has 3 aromatic rings. The molecule has 0 unspecified atom stereocenters. The van der Waals surface area contributed by atoms with Gasteiger partial charge in [-0.25, -0.2) is 0 Å².